The predicted molar refractivity (Wildman–Crippen MR) is 120 cm³/mol. The Morgan fingerprint density at radius 3 is 2.56 bits per heavy atom. The molecular weight excluding hydrogens is 452 g/mol. The standard InChI is InChI=1S/C21H22N4O5S2/c1-16-18(7-13-29-16)20-22-23-21(30-20)31-15-19(26)24-9-11-25(12-10-24)32(27,28)14-8-17-5-3-2-4-6-17/h2-8,13-14H,9-12,15H2,1H3/b14-8+. The molecule has 0 bridgehead atoms. The average molecular weight is 475 g/mol. The minimum Gasteiger partial charge on any atom is -0.469 e. The van der Waals surface area contributed by atoms with E-state index >= 15 is 0 Å². The first kappa shape index (κ1) is 22.3. The van der Waals surface area contributed by atoms with Gasteiger partial charge in [-0.1, -0.05) is 42.1 Å². The van der Waals surface area contributed by atoms with Crippen molar-refractivity contribution in [2.24, 2.45) is 0 Å². The molecule has 1 amide bonds. The fraction of sp³-hybridized carbons (Fsp3) is 0.286. The Hall–Kier alpha value is -2.89. The smallest absolute Gasteiger partial charge is 0.277 e. The first-order valence-electron chi connectivity index (χ1n) is 9.94. The first-order chi connectivity index (χ1) is 15.4. The summed E-state index contributed by atoms with van der Waals surface area (Å²) in [6, 6.07) is 11.0. The van der Waals surface area contributed by atoms with Crippen LogP contribution in [0.25, 0.3) is 17.5 Å². The van der Waals surface area contributed by atoms with Crippen molar-refractivity contribution in [3.8, 4) is 11.5 Å². The number of carbonyl (C=O) groups is 1. The number of thioether (sulfide) groups is 1. The Morgan fingerprint density at radius 2 is 1.88 bits per heavy atom. The van der Waals surface area contributed by atoms with Crippen LogP contribution in [0.2, 0.25) is 0 Å². The third kappa shape index (κ3) is 5.29. The normalized spacial score (nSPS) is 15.5. The Bertz CT molecular complexity index is 1200. The maximum Gasteiger partial charge on any atom is 0.277 e. The van der Waals surface area contributed by atoms with Crippen molar-refractivity contribution in [1.82, 2.24) is 19.4 Å². The van der Waals surface area contributed by atoms with Crippen LogP contribution >= 0.6 is 11.8 Å². The zero-order valence-corrected chi connectivity index (χ0v) is 19.0. The molecule has 0 radical (unpaired) electrons. The molecular formula is C21H22N4O5S2. The number of aromatic nitrogens is 2. The number of benzene rings is 1. The number of sulfonamides is 1. The molecule has 3 heterocycles. The molecule has 0 saturated carbocycles. The lowest BCUT2D eigenvalue weighted by Gasteiger charge is -2.33. The van der Waals surface area contributed by atoms with E-state index in [0.29, 0.717) is 35.5 Å². The SMILES string of the molecule is Cc1occc1-c1nnc(SCC(=O)N2CCN(S(=O)(=O)/C=C/c3ccccc3)CC2)o1. The zero-order chi connectivity index (χ0) is 22.6. The summed E-state index contributed by atoms with van der Waals surface area (Å²) in [4.78, 5) is 14.2. The number of hydrogen-bond acceptors (Lipinski definition) is 8. The number of furan rings is 1. The van der Waals surface area contributed by atoms with Crippen molar-refractivity contribution in [1.29, 1.82) is 0 Å². The highest BCUT2D eigenvalue weighted by atomic mass is 32.2. The summed E-state index contributed by atoms with van der Waals surface area (Å²) in [5.74, 6) is 1.04. The Morgan fingerprint density at radius 1 is 1.12 bits per heavy atom. The molecule has 0 aliphatic carbocycles. The average Bonchev–Trinajstić information content (AvgIpc) is 3.45. The topological polar surface area (TPSA) is 110 Å². The van der Waals surface area contributed by atoms with Gasteiger partial charge >= 0.3 is 0 Å². The van der Waals surface area contributed by atoms with Gasteiger partial charge in [0, 0.05) is 31.6 Å². The van der Waals surface area contributed by atoms with E-state index in [9.17, 15) is 13.2 Å². The van der Waals surface area contributed by atoms with Crippen molar-refractivity contribution in [3.63, 3.8) is 0 Å². The molecule has 3 aromatic rings. The van der Waals surface area contributed by atoms with Gasteiger partial charge in [-0.2, -0.15) is 4.31 Å². The van der Waals surface area contributed by atoms with E-state index in [-0.39, 0.29) is 24.7 Å². The van der Waals surface area contributed by atoms with Crippen LogP contribution in [0.5, 0.6) is 0 Å². The molecule has 1 aliphatic heterocycles. The maximum atomic E-state index is 12.6. The van der Waals surface area contributed by atoms with E-state index in [1.807, 2.05) is 30.3 Å². The summed E-state index contributed by atoms with van der Waals surface area (Å²) >= 11 is 1.15. The van der Waals surface area contributed by atoms with Crippen LogP contribution in [-0.4, -0.2) is 65.7 Å². The zero-order valence-electron chi connectivity index (χ0n) is 17.4. The van der Waals surface area contributed by atoms with E-state index < -0.39 is 10.0 Å². The van der Waals surface area contributed by atoms with E-state index in [1.165, 1.54) is 9.71 Å². The predicted octanol–water partition coefficient (Wildman–Crippen LogP) is 2.88. The summed E-state index contributed by atoms with van der Waals surface area (Å²) in [6.07, 6.45) is 3.12. The fourth-order valence-corrected chi connectivity index (χ4v) is 5.04. The van der Waals surface area contributed by atoms with Gasteiger partial charge in [-0.05, 0) is 24.6 Å². The van der Waals surface area contributed by atoms with Crippen LogP contribution in [0.1, 0.15) is 11.3 Å². The molecule has 2 aromatic heterocycles. The van der Waals surface area contributed by atoms with Gasteiger partial charge in [0.05, 0.1) is 17.6 Å². The molecule has 168 valence electrons. The summed E-state index contributed by atoms with van der Waals surface area (Å²) < 4.78 is 37.3. The molecule has 9 nitrogen and oxygen atoms in total. The van der Waals surface area contributed by atoms with Crippen LogP contribution in [0.3, 0.4) is 0 Å². The van der Waals surface area contributed by atoms with E-state index in [4.69, 9.17) is 8.83 Å². The second kappa shape index (κ2) is 9.72. The quantitative estimate of drug-likeness (QED) is 0.481. The Balaban J connectivity index is 1.27. The van der Waals surface area contributed by atoms with Gasteiger partial charge in [0.15, 0.2) is 0 Å². The number of carbonyl (C=O) groups excluding carboxylic acids is 1. The molecule has 0 N–H and O–H groups in total. The van der Waals surface area contributed by atoms with Crippen LogP contribution < -0.4 is 0 Å². The molecule has 32 heavy (non-hydrogen) atoms. The molecule has 0 atom stereocenters. The molecule has 0 unspecified atom stereocenters. The molecule has 0 spiro atoms. The second-order valence-electron chi connectivity index (χ2n) is 7.09. The van der Waals surface area contributed by atoms with Crippen molar-refractivity contribution >= 4 is 33.8 Å². The highest BCUT2D eigenvalue weighted by Gasteiger charge is 2.27. The highest BCUT2D eigenvalue weighted by Crippen LogP contribution is 2.26. The number of rotatable bonds is 7. The lowest BCUT2D eigenvalue weighted by atomic mass is 10.2. The van der Waals surface area contributed by atoms with Crippen molar-refractivity contribution < 1.29 is 22.0 Å². The monoisotopic (exact) mass is 474 g/mol. The third-order valence-corrected chi connectivity index (χ3v) is 7.37. The fourth-order valence-electron chi connectivity index (χ4n) is 3.21. The summed E-state index contributed by atoms with van der Waals surface area (Å²) in [7, 11) is -3.54. The van der Waals surface area contributed by atoms with Gasteiger partial charge in [-0.3, -0.25) is 4.79 Å². The molecule has 4 rings (SSSR count). The van der Waals surface area contributed by atoms with E-state index in [0.717, 1.165) is 17.3 Å². The maximum absolute atomic E-state index is 12.6. The highest BCUT2D eigenvalue weighted by molar-refractivity contribution is 7.99. The molecule has 1 aromatic carbocycles. The van der Waals surface area contributed by atoms with Crippen LogP contribution in [0.15, 0.2) is 62.1 Å². The van der Waals surface area contributed by atoms with Crippen molar-refractivity contribution in [2.75, 3.05) is 31.9 Å². The first-order valence-corrected chi connectivity index (χ1v) is 12.4. The Kier molecular flexibility index (Phi) is 6.77. The van der Waals surface area contributed by atoms with Gasteiger partial charge in [-0.15, -0.1) is 10.2 Å². The van der Waals surface area contributed by atoms with Crippen LogP contribution in [0.4, 0.5) is 0 Å². The molecule has 1 fully saturated rings. The van der Waals surface area contributed by atoms with E-state index in [1.54, 1.807) is 30.2 Å². The lowest BCUT2D eigenvalue weighted by Crippen LogP contribution is -2.50. The molecule has 11 heteroatoms. The number of aryl methyl sites for hydroxylation is 1. The van der Waals surface area contributed by atoms with Crippen molar-refractivity contribution in [2.45, 2.75) is 12.1 Å². The largest absolute Gasteiger partial charge is 0.469 e. The van der Waals surface area contributed by atoms with Crippen LogP contribution in [-0.2, 0) is 14.8 Å². The minimum atomic E-state index is -3.54. The Labute approximate surface area is 190 Å². The van der Waals surface area contributed by atoms with Crippen LogP contribution in [0, 0.1) is 6.92 Å². The number of nitrogens with zero attached hydrogens (tertiary/aromatic N) is 4. The van der Waals surface area contributed by atoms with Gasteiger partial charge in [0.25, 0.3) is 11.1 Å². The van der Waals surface area contributed by atoms with Gasteiger partial charge < -0.3 is 13.7 Å². The minimum absolute atomic E-state index is 0.105. The summed E-state index contributed by atoms with van der Waals surface area (Å²) in [6.45, 7) is 2.97. The second-order valence-corrected chi connectivity index (χ2v) is 9.84. The summed E-state index contributed by atoms with van der Waals surface area (Å²) in [5.41, 5.74) is 1.53. The van der Waals surface area contributed by atoms with Gasteiger partial charge in [0.2, 0.25) is 15.9 Å². The number of amides is 1. The van der Waals surface area contributed by atoms with Gasteiger partial charge in [0.1, 0.15) is 5.76 Å². The molecule has 1 aliphatic rings. The summed E-state index contributed by atoms with van der Waals surface area (Å²) in [5, 5.41) is 9.45. The van der Waals surface area contributed by atoms with Gasteiger partial charge in [-0.25, -0.2) is 8.42 Å². The third-order valence-electron chi connectivity index (χ3n) is 5.00. The lowest BCUT2D eigenvalue weighted by molar-refractivity contribution is -0.129. The number of piperazine rings is 1. The number of hydrogen-bond donors (Lipinski definition) is 0. The molecule has 1 saturated heterocycles. The van der Waals surface area contributed by atoms with E-state index in [2.05, 4.69) is 10.2 Å². The van der Waals surface area contributed by atoms with Crippen molar-refractivity contribution in [3.05, 3.63) is 59.4 Å².